The summed E-state index contributed by atoms with van der Waals surface area (Å²) in [5.41, 5.74) is 0. The summed E-state index contributed by atoms with van der Waals surface area (Å²) in [4.78, 5) is 25.0. The fourth-order valence-electron chi connectivity index (χ4n) is 6.43. The fourth-order valence-corrected chi connectivity index (χ4v) is 10.4. The lowest BCUT2D eigenvalue weighted by molar-refractivity contribution is 0.392. The third-order valence-electron chi connectivity index (χ3n) is 9.92. The van der Waals surface area contributed by atoms with Crippen LogP contribution in [0.15, 0.2) is 175 Å². The minimum Gasteiger partial charge on any atom is -0.508 e. The van der Waals surface area contributed by atoms with Crippen molar-refractivity contribution in [3.05, 3.63) is 146 Å². The molecule has 6 aromatic carbocycles. The number of aromatic nitrogens is 6. The molecule has 71 heavy (non-hydrogen) atoms. The van der Waals surface area contributed by atoms with Gasteiger partial charge >= 0.3 is 24.0 Å². The van der Waals surface area contributed by atoms with E-state index in [1.807, 2.05) is 13.8 Å². The molecule has 0 atom stereocenters. The smallest absolute Gasteiger partial charge is 0.330 e. The van der Waals surface area contributed by atoms with Gasteiger partial charge in [-0.05, 0) is 134 Å². The average Bonchev–Trinajstić information content (AvgIpc) is 3.36. The number of phenolic OH excluding ortho intramolecular Hbond substituents is 2. The quantitative estimate of drug-likeness (QED) is 0.0555. The number of nitrogens with zero attached hydrogens (tertiary/aromatic N) is 6. The van der Waals surface area contributed by atoms with Gasteiger partial charge in [-0.1, -0.05) is 38.1 Å². The largest absolute Gasteiger partial charge is 0.508 e. The summed E-state index contributed by atoms with van der Waals surface area (Å²) < 4.78 is 106. The first kappa shape index (κ1) is 49.0. The van der Waals surface area contributed by atoms with Gasteiger partial charge in [-0.3, -0.25) is 0 Å². The van der Waals surface area contributed by atoms with E-state index in [0.717, 1.165) is 0 Å². The average molecular weight is 1020 g/mol. The Morgan fingerprint density at radius 3 is 1.06 bits per heavy atom. The monoisotopic (exact) mass is 1020 g/mol. The molecule has 0 bridgehead atoms. The van der Waals surface area contributed by atoms with Gasteiger partial charge in [0.1, 0.15) is 44.3 Å². The molecular weight excluding hydrogens is 977 g/mol. The zero-order valence-corrected chi connectivity index (χ0v) is 40.0. The molecule has 0 aliphatic rings. The molecule has 0 aliphatic heterocycles. The van der Waals surface area contributed by atoms with Gasteiger partial charge in [0.2, 0.25) is 41.4 Å². The van der Waals surface area contributed by atoms with Crippen molar-refractivity contribution < 1.29 is 54.4 Å². The molecule has 0 saturated heterocycles. The molecule has 8 aromatic rings. The van der Waals surface area contributed by atoms with E-state index in [9.17, 15) is 35.5 Å². The third-order valence-corrected chi connectivity index (χ3v) is 15.3. The number of nitrogens with one attached hydrogen (secondary N) is 2. The summed E-state index contributed by atoms with van der Waals surface area (Å²) in [6.07, 6.45) is 1.42. The molecule has 0 spiro atoms. The lowest BCUT2D eigenvalue weighted by Gasteiger charge is -2.13. The number of aromatic hydroxyl groups is 2. The van der Waals surface area contributed by atoms with Gasteiger partial charge in [0.15, 0.2) is 0 Å². The molecular formula is C48H42N8O12S3. The maximum Gasteiger partial charge on any atom is 0.330 e. The van der Waals surface area contributed by atoms with Gasteiger partial charge in [0.05, 0.1) is 19.6 Å². The molecule has 0 radical (unpaired) electrons. The van der Waals surface area contributed by atoms with E-state index < -0.39 is 29.5 Å². The predicted octanol–water partition coefficient (Wildman–Crippen LogP) is 8.78. The van der Waals surface area contributed by atoms with Crippen LogP contribution in [0.2, 0.25) is 0 Å². The second-order valence-electron chi connectivity index (χ2n) is 15.0. The number of sulfone groups is 3. The van der Waals surface area contributed by atoms with Gasteiger partial charge in [-0.15, -0.1) is 9.97 Å². The van der Waals surface area contributed by atoms with E-state index in [2.05, 4.69) is 40.5 Å². The van der Waals surface area contributed by atoms with Gasteiger partial charge in [-0.25, -0.2) is 25.3 Å². The normalized spacial score (nSPS) is 11.6. The lowest BCUT2D eigenvalue weighted by Crippen LogP contribution is -2.09. The lowest BCUT2D eigenvalue weighted by atomic mass is 10.3. The molecule has 4 N–H and O–H groups in total. The molecule has 0 fully saturated rings. The molecule has 0 unspecified atom stereocenters. The van der Waals surface area contributed by atoms with Crippen LogP contribution in [-0.4, -0.2) is 78.5 Å². The second-order valence-corrected chi connectivity index (χ2v) is 20.8. The van der Waals surface area contributed by atoms with Crippen LogP contribution in [0, 0.1) is 0 Å². The number of hydrogen-bond donors (Lipinski definition) is 4. The number of anilines is 2. The highest BCUT2D eigenvalue weighted by molar-refractivity contribution is 7.92. The van der Waals surface area contributed by atoms with Crippen LogP contribution in [0.5, 0.6) is 58.5 Å². The maximum atomic E-state index is 13.8. The van der Waals surface area contributed by atoms with E-state index >= 15 is 0 Å². The highest BCUT2D eigenvalue weighted by atomic mass is 32.2. The Morgan fingerprint density at radius 1 is 0.394 bits per heavy atom. The Hall–Kier alpha value is -8.41. The SMILES string of the molecule is CCCNc1nc(Oc2ccc(S(=O)(=O)c3ccc(Oc4nc(NCCC)nc(Oc5ccccc5S(=O)(=O)c5ccc(O)cc5)n4)cc3)cc2)nc(Oc2ccccc2S(=O)(=O)c2ccc(O)cc2)n1. The van der Waals surface area contributed by atoms with E-state index in [-0.39, 0.29) is 99.8 Å². The summed E-state index contributed by atoms with van der Waals surface area (Å²) >= 11 is 0. The Labute approximate surface area is 407 Å². The van der Waals surface area contributed by atoms with Crippen molar-refractivity contribution in [1.29, 1.82) is 0 Å². The molecule has 2 aromatic heterocycles. The number of phenols is 2. The molecule has 0 aliphatic carbocycles. The molecule has 364 valence electrons. The Balaban J connectivity index is 0.981. The maximum absolute atomic E-state index is 13.8. The number of rotatable bonds is 20. The van der Waals surface area contributed by atoms with Gasteiger partial charge in [0, 0.05) is 13.1 Å². The van der Waals surface area contributed by atoms with Crippen molar-refractivity contribution in [1.82, 2.24) is 29.9 Å². The summed E-state index contributed by atoms with van der Waals surface area (Å²) in [7, 11) is -12.3. The number of ether oxygens (including phenoxy) is 4. The van der Waals surface area contributed by atoms with Crippen LogP contribution < -0.4 is 29.6 Å². The van der Waals surface area contributed by atoms with E-state index in [0.29, 0.717) is 25.9 Å². The van der Waals surface area contributed by atoms with Crippen LogP contribution in [0.1, 0.15) is 26.7 Å². The van der Waals surface area contributed by atoms with Gasteiger partial charge in [0.25, 0.3) is 0 Å². The van der Waals surface area contributed by atoms with E-state index in [4.69, 9.17) is 18.9 Å². The number of para-hydroxylation sites is 2. The van der Waals surface area contributed by atoms with Crippen LogP contribution in [0.3, 0.4) is 0 Å². The molecule has 2 heterocycles. The number of hydrogen-bond acceptors (Lipinski definition) is 20. The van der Waals surface area contributed by atoms with E-state index in [1.165, 1.54) is 133 Å². The summed E-state index contributed by atoms with van der Waals surface area (Å²) in [5, 5.41) is 25.4. The van der Waals surface area contributed by atoms with Crippen molar-refractivity contribution in [3.8, 4) is 58.5 Å². The van der Waals surface area contributed by atoms with Crippen molar-refractivity contribution in [2.45, 2.75) is 56.1 Å². The highest BCUT2D eigenvalue weighted by Gasteiger charge is 2.26. The van der Waals surface area contributed by atoms with Crippen molar-refractivity contribution in [3.63, 3.8) is 0 Å². The molecule has 8 rings (SSSR count). The standard InChI is InChI=1S/C48H42N8O12S3/c1-3-29-49-43-51-45(55-47(53-43)67-39-9-5-7-11-41(39)70(61,62)37-21-13-31(57)14-22-37)65-33-17-25-35(26-18-33)69(59,60)36-27-19-34(20-28-36)66-46-52-44(50-30-4-2)54-48(56-46)68-40-10-6-8-12-42(40)71(63,64)38-23-15-32(58)16-24-38/h5-28,57-58H,3-4,29-30H2,1-2H3,(H,49,51,53,55)(H,50,52,54,56). The number of benzene rings is 6. The Kier molecular flexibility index (Phi) is 14.5. The zero-order valence-electron chi connectivity index (χ0n) is 37.6. The topological polar surface area (TPSA) is 281 Å². The first-order valence-electron chi connectivity index (χ1n) is 21.5. The highest BCUT2D eigenvalue weighted by Crippen LogP contribution is 2.36. The Bertz CT molecular complexity index is 3290. The van der Waals surface area contributed by atoms with Crippen molar-refractivity contribution in [2.75, 3.05) is 23.7 Å². The van der Waals surface area contributed by atoms with Crippen LogP contribution in [0.4, 0.5) is 11.9 Å². The van der Waals surface area contributed by atoms with Gasteiger partial charge in [-0.2, -0.15) is 19.9 Å². The van der Waals surface area contributed by atoms with Crippen LogP contribution in [0.25, 0.3) is 0 Å². The first-order chi connectivity index (χ1) is 34.1. The van der Waals surface area contributed by atoms with E-state index in [1.54, 1.807) is 12.1 Å². The van der Waals surface area contributed by atoms with Crippen LogP contribution in [-0.2, 0) is 29.5 Å². The zero-order chi connectivity index (χ0) is 50.2. The molecule has 23 heteroatoms. The summed E-state index contributed by atoms with van der Waals surface area (Å²) in [6.45, 7) is 4.80. The Morgan fingerprint density at radius 2 is 0.704 bits per heavy atom. The van der Waals surface area contributed by atoms with Crippen molar-refractivity contribution >= 4 is 41.4 Å². The first-order valence-corrected chi connectivity index (χ1v) is 26.0. The third kappa shape index (κ3) is 11.6. The summed E-state index contributed by atoms with van der Waals surface area (Å²) in [6, 6.07) is 31.8. The molecule has 0 saturated carbocycles. The summed E-state index contributed by atoms with van der Waals surface area (Å²) in [5.74, 6) is 0.0574. The minimum absolute atomic E-state index is 0.0665. The molecule has 0 amide bonds. The molecule has 20 nitrogen and oxygen atoms in total. The van der Waals surface area contributed by atoms with Gasteiger partial charge < -0.3 is 39.8 Å². The minimum atomic E-state index is -4.11. The van der Waals surface area contributed by atoms with Crippen molar-refractivity contribution in [2.24, 2.45) is 0 Å². The van der Waals surface area contributed by atoms with Crippen LogP contribution >= 0.6 is 0 Å². The fraction of sp³-hybridized carbons (Fsp3) is 0.125. The second kappa shape index (κ2) is 21.1. The predicted molar refractivity (Wildman–Crippen MR) is 256 cm³/mol.